The van der Waals surface area contributed by atoms with Crippen LogP contribution in [0.25, 0.3) is 0 Å². The number of carboxylic acids is 1. The molecule has 24 heavy (non-hydrogen) atoms. The van der Waals surface area contributed by atoms with Crippen LogP contribution in [0.3, 0.4) is 0 Å². The first-order valence-corrected chi connectivity index (χ1v) is 8.03. The molecule has 3 rings (SSSR count). The first-order chi connectivity index (χ1) is 11.4. The molecule has 1 aliphatic heterocycles. The summed E-state index contributed by atoms with van der Waals surface area (Å²) in [6.45, 7) is 6.03. The minimum Gasteiger partial charge on any atom is -0.481 e. The fourth-order valence-electron chi connectivity index (χ4n) is 3.40. The zero-order valence-corrected chi connectivity index (χ0v) is 14.1. The molecule has 2 heterocycles. The molecule has 1 amide bonds. The fraction of sp³-hybridized carbons (Fsp3) is 0.389. The maximum atomic E-state index is 12.8. The number of aryl methyl sites for hydroxylation is 2. The first-order valence-electron chi connectivity index (χ1n) is 8.03. The molecule has 1 aromatic carbocycles. The highest BCUT2D eigenvalue weighted by atomic mass is 16.4. The lowest BCUT2D eigenvalue weighted by Crippen LogP contribution is -2.32. The van der Waals surface area contributed by atoms with Gasteiger partial charge in [-0.15, -0.1) is 0 Å². The van der Waals surface area contributed by atoms with Crippen LogP contribution in [0.15, 0.2) is 30.3 Å². The number of amides is 1. The lowest BCUT2D eigenvalue weighted by atomic mass is 10.0. The standard InChI is InChI=1S/C18H21N3O3/c1-11-8-12(2)21(19-11)13(3)9-17(22)20-10-15(18(23)24)14-6-4-5-7-16(14)20/h4-8,13,15H,9-10H2,1-3H3,(H,23,24)/t13-,15-/m0/s1. The average Bonchev–Trinajstić information content (AvgIpc) is 3.07. The zero-order valence-electron chi connectivity index (χ0n) is 14.1. The summed E-state index contributed by atoms with van der Waals surface area (Å²) in [4.78, 5) is 25.8. The summed E-state index contributed by atoms with van der Waals surface area (Å²) < 4.78 is 1.85. The molecule has 0 spiro atoms. The van der Waals surface area contributed by atoms with Gasteiger partial charge in [-0.25, -0.2) is 0 Å². The van der Waals surface area contributed by atoms with Crippen molar-refractivity contribution in [1.82, 2.24) is 9.78 Å². The van der Waals surface area contributed by atoms with Crippen molar-refractivity contribution < 1.29 is 14.7 Å². The number of aromatic nitrogens is 2. The molecule has 0 saturated heterocycles. The smallest absolute Gasteiger partial charge is 0.312 e. The summed E-state index contributed by atoms with van der Waals surface area (Å²) in [6.07, 6.45) is 0.280. The lowest BCUT2D eigenvalue weighted by Gasteiger charge is -2.21. The lowest BCUT2D eigenvalue weighted by molar-refractivity contribution is -0.138. The molecule has 6 heteroatoms. The van der Waals surface area contributed by atoms with E-state index in [1.54, 1.807) is 17.0 Å². The number of aliphatic carboxylic acids is 1. The Hall–Kier alpha value is -2.63. The highest BCUT2D eigenvalue weighted by molar-refractivity contribution is 5.99. The van der Waals surface area contributed by atoms with Crippen LogP contribution in [0.4, 0.5) is 5.69 Å². The van der Waals surface area contributed by atoms with Crippen LogP contribution in [0.2, 0.25) is 0 Å². The first kappa shape index (κ1) is 16.2. The van der Waals surface area contributed by atoms with Crippen molar-refractivity contribution in [3.63, 3.8) is 0 Å². The number of rotatable bonds is 4. The van der Waals surface area contributed by atoms with Crippen molar-refractivity contribution in [2.75, 3.05) is 11.4 Å². The van der Waals surface area contributed by atoms with E-state index in [0.717, 1.165) is 11.4 Å². The van der Waals surface area contributed by atoms with Gasteiger partial charge in [0.2, 0.25) is 5.91 Å². The predicted molar refractivity (Wildman–Crippen MR) is 90.2 cm³/mol. The van der Waals surface area contributed by atoms with Gasteiger partial charge in [0, 0.05) is 24.3 Å². The third-order valence-corrected chi connectivity index (χ3v) is 4.50. The van der Waals surface area contributed by atoms with E-state index in [1.807, 2.05) is 43.7 Å². The molecular weight excluding hydrogens is 306 g/mol. The Labute approximate surface area is 140 Å². The third kappa shape index (κ3) is 2.79. The van der Waals surface area contributed by atoms with Crippen molar-refractivity contribution in [1.29, 1.82) is 0 Å². The van der Waals surface area contributed by atoms with E-state index in [4.69, 9.17) is 0 Å². The Bertz CT molecular complexity index is 797. The molecule has 0 fully saturated rings. The van der Waals surface area contributed by atoms with Crippen molar-refractivity contribution in [2.45, 2.75) is 39.2 Å². The second-order valence-electron chi connectivity index (χ2n) is 6.38. The van der Waals surface area contributed by atoms with Gasteiger partial charge in [-0.1, -0.05) is 18.2 Å². The average molecular weight is 327 g/mol. The third-order valence-electron chi connectivity index (χ3n) is 4.50. The van der Waals surface area contributed by atoms with Crippen LogP contribution in [0.5, 0.6) is 0 Å². The van der Waals surface area contributed by atoms with Gasteiger partial charge in [0.05, 0.1) is 11.7 Å². The summed E-state index contributed by atoms with van der Waals surface area (Å²) in [5.41, 5.74) is 3.34. The van der Waals surface area contributed by atoms with E-state index < -0.39 is 11.9 Å². The molecule has 6 nitrogen and oxygen atoms in total. The number of benzene rings is 1. The van der Waals surface area contributed by atoms with Crippen molar-refractivity contribution >= 4 is 17.6 Å². The Morgan fingerprint density at radius 3 is 2.67 bits per heavy atom. The molecule has 1 aromatic heterocycles. The SMILES string of the molecule is Cc1cc(C)n([C@@H](C)CC(=O)N2C[C@H](C(=O)O)c3ccccc32)n1. The second-order valence-corrected chi connectivity index (χ2v) is 6.38. The van der Waals surface area contributed by atoms with Crippen molar-refractivity contribution in [2.24, 2.45) is 0 Å². The van der Waals surface area contributed by atoms with E-state index in [9.17, 15) is 14.7 Å². The summed E-state index contributed by atoms with van der Waals surface area (Å²) in [5.74, 6) is -1.63. The molecular formula is C18H21N3O3. The predicted octanol–water partition coefficient (Wildman–Crippen LogP) is 2.67. The molecule has 0 radical (unpaired) electrons. The van der Waals surface area contributed by atoms with E-state index in [-0.39, 0.29) is 24.9 Å². The quantitative estimate of drug-likeness (QED) is 0.937. The number of nitrogens with zero attached hydrogens (tertiary/aromatic N) is 3. The molecule has 0 saturated carbocycles. The van der Waals surface area contributed by atoms with E-state index in [1.165, 1.54) is 0 Å². The van der Waals surface area contributed by atoms with Gasteiger partial charge in [-0.2, -0.15) is 5.10 Å². The summed E-state index contributed by atoms with van der Waals surface area (Å²) >= 11 is 0. The van der Waals surface area contributed by atoms with Crippen LogP contribution < -0.4 is 4.90 Å². The molecule has 1 N–H and O–H groups in total. The fourth-order valence-corrected chi connectivity index (χ4v) is 3.40. The van der Waals surface area contributed by atoms with Crippen LogP contribution in [0.1, 0.15) is 42.3 Å². The van der Waals surface area contributed by atoms with Crippen LogP contribution in [0, 0.1) is 13.8 Å². The molecule has 0 aliphatic carbocycles. The van der Waals surface area contributed by atoms with E-state index >= 15 is 0 Å². The van der Waals surface area contributed by atoms with Gasteiger partial charge >= 0.3 is 5.97 Å². The van der Waals surface area contributed by atoms with E-state index in [0.29, 0.717) is 11.3 Å². The summed E-state index contributed by atoms with van der Waals surface area (Å²) in [5, 5.41) is 13.8. The minimum atomic E-state index is -0.899. The second kappa shape index (κ2) is 6.11. The largest absolute Gasteiger partial charge is 0.481 e. The van der Waals surface area contributed by atoms with E-state index in [2.05, 4.69) is 5.10 Å². The number of anilines is 1. The van der Waals surface area contributed by atoms with Gasteiger partial charge < -0.3 is 10.0 Å². The highest BCUT2D eigenvalue weighted by Crippen LogP contribution is 2.37. The number of carboxylic acid groups (broad SMARTS) is 1. The molecule has 0 unspecified atom stereocenters. The Balaban J connectivity index is 1.81. The number of fused-ring (bicyclic) bond motifs is 1. The highest BCUT2D eigenvalue weighted by Gasteiger charge is 2.36. The van der Waals surface area contributed by atoms with Crippen molar-refractivity contribution in [3.8, 4) is 0 Å². The molecule has 126 valence electrons. The van der Waals surface area contributed by atoms with Crippen molar-refractivity contribution in [3.05, 3.63) is 47.3 Å². The minimum absolute atomic E-state index is 0.0775. The van der Waals surface area contributed by atoms with Crippen LogP contribution >= 0.6 is 0 Å². The van der Waals surface area contributed by atoms with Gasteiger partial charge in [-0.3, -0.25) is 14.3 Å². The monoisotopic (exact) mass is 327 g/mol. The van der Waals surface area contributed by atoms with Gasteiger partial charge in [0.1, 0.15) is 5.92 Å². The summed E-state index contributed by atoms with van der Waals surface area (Å²) in [6, 6.07) is 9.12. The van der Waals surface area contributed by atoms with Crippen LogP contribution in [-0.2, 0) is 9.59 Å². The number of para-hydroxylation sites is 1. The Morgan fingerprint density at radius 1 is 1.33 bits per heavy atom. The molecule has 1 aliphatic rings. The normalized spacial score (nSPS) is 17.6. The Morgan fingerprint density at radius 2 is 2.04 bits per heavy atom. The molecule has 2 aromatic rings. The maximum Gasteiger partial charge on any atom is 0.312 e. The Kier molecular flexibility index (Phi) is 4.13. The maximum absolute atomic E-state index is 12.8. The molecule has 2 atom stereocenters. The topological polar surface area (TPSA) is 75.4 Å². The zero-order chi connectivity index (χ0) is 17.4. The number of hydrogen-bond acceptors (Lipinski definition) is 3. The number of hydrogen-bond donors (Lipinski definition) is 1. The van der Waals surface area contributed by atoms with Crippen LogP contribution in [-0.4, -0.2) is 33.3 Å². The number of carbonyl (C=O) groups excluding carboxylic acids is 1. The van der Waals surface area contributed by atoms with Gasteiger partial charge in [0.25, 0.3) is 0 Å². The molecule has 0 bridgehead atoms. The van der Waals surface area contributed by atoms with Gasteiger partial charge in [0.15, 0.2) is 0 Å². The number of carbonyl (C=O) groups is 2. The van der Waals surface area contributed by atoms with Gasteiger partial charge in [-0.05, 0) is 38.5 Å². The summed E-state index contributed by atoms with van der Waals surface area (Å²) in [7, 11) is 0.